The third kappa shape index (κ3) is 3.21. The summed E-state index contributed by atoms with van der Waals surface area (Å²) in [6.07, 6.45) is 2.69. The number of fused-ring (bicyclic) bond motifs is 1. The van der Waals surface area contributed by atoms with E-state index in [-0.39, 0.29) is 5.91 Å². The minimum Gasteiger partial charge on any atom is -0.385 e. The van der Waals surface area contributed by atoms with Crippen LogP contribution in [0, 0.1) is 6.92 Å². The van der Waals surface area contributed by atoms with Crippen molar-refractivity contribution in [2.45, 2.75) is 26.2 Å². The molecule has 1 aromatic carbocycles. The summed E-state index contributed by atoms with van der Waals surface area (Å²) in [6.45, 7) is 3.24. The minimum absolute atomic E-state index is 0.0661. The van der Waals surface area contributed by atoms with Crippen LogP contribution in [0.5, 0.6) is 0 Å². The van der Waals surface area contributed by atoms with Crippen molar-refractivity contribution in [2.75, 3.05) is 18.4 Å². The van der Waals surface area contributed by atoms with Gasteiger partial charge in [0.05, 0.1) is 0 Å². The van der Waals surface area contributed by atoms with E-state index in [4.69, 9.17) is 4.52 Å². The molecule has 0 bridgehead atoms. The fraction of sp³-hybridized carbons (Fsp3) is 0.400. The van der Waals surface area contributed by atoms with Crippen molar-refractivity contribution in [2.24, 2.45) is 0 Å². The first kappa shape index (κ1) is 13.6. The number of aryl methyl sites for hydroxylation is 2. The van der Waals surface area contributed by atoms with Gasteiger partial charge in [-0.05, 0) is 36.6 Å². The molecular weight excluding hydrogens is 268 g/mol. The normalized spacial score (nSPS) is 13.4. The molecule has 0 unspecified atom stereocenters. The molecule has 2 heterocycles. The van der Waals surface area contributed by atoms with E-state index in [0.717, 1.165) is 25.1 Å². The van der Waals surface area contributed by atoms with Crippen LogP contribution in [-0.4, -0.2) is 29.1 Å². The maximum atomic E-state index is 12.1. The van der Waals surface area contributed by atoms with Gasteiger partial charge in [0.1, 0.15) is 0 Å². The average Bonchev–Trinajstić information content (AvgIpc) is 2.92. The molecule has 1 aliphatic rings. The maximum Gasteiger partial charge on any atom is 0.251 e. The fourth-order valence-electron chi connectivity index (χ4n) is 2.45. The van der Waals surface area contributed by atoms with Crippen LogP contribution in [-0.2, 0) is 12.8 Å². The van der Waals surface area contributed by atoms with Gasteiger partial charge in [-0.3, -0.25) is 4.79 Å². The van der Waals surface area contributed by atoms with E-state index in [1.807, 2.05) is 18.2 Å². The van der Waals surface area contributed by atoms with E-state index in [9.17, 15) is 4.79 Å². The van der Waals surface area contributed by atoms with Crippen LogP contribution in [0.2, 0.25) is 0 Å². The van der Waals surface area contributed by atoms with E-state index in [1.165, 1.54) is 5.56 Å². The number of aromatic nitrogens is 2. The zero-order chi connectivity index (χ0) is 14.7. The third-order valence-electron chi connectivity index (χ3n) is 3.51. The Balaban J connectivity index is 1.57. The van der Waals surface area contributed by atoms with Gasteiger partial charge in [-0.15, -0.1) is 0 Å². The first-order chi connectivity index (χ1) is 10.2. The number of nitrogens with zero attached hydrogens (tertiary/aromatic N) is 2. The number of hydrogen-bond donors (Lipinski definition) is 2. The summed E-state index contributed by atoms with van der Waals surface area (Å²) in [5, 5.41) is 10.0. The second kappa shape index (κ2) is 5.95. The molecule has 6 nitrogen and oxygen atoms in total. The van der Waals surface area contributed by atoms with Crippen molar-refractivity contribution in [3.8, 4) is 0 Å². The summed E-state index contributed by atoms with van der Waals surface area (Å²) in [6, 6.07) is 5.80. The number of amides is 1. The predicted molar refractivity (Wildman–Crippen MR) is 78.3 cm³/mol. The number of benzene rings is 1. The predicted octanol–water partition coefficient (Wildman–Crippen LogP) is 1.71. The van der Waals surface area contributed by atoms with Gasteiger partial charge in [0.15, 0.2) is 5.82 Å². The highest BCUT2D eigenvalue weighted by atomic mass is 16.5. The lowest BCUT2D eigenvalue weighted by molar-refractivity contribution is 0.0954. The molecule has 1 aromatic heterocycles. The lowest BCUT2D eigenvalue weighted by Crippen LogP contribution is -2.26. The molecule has 1 aliphatic heterocycles. The first-order valence-corrected chi connectivity index (χ1v) is 7.16. The molecule has 1 amide bonds. The summed E-state index contributed by atoms with van der Waals surface area (Å²) >= 11 is 0. The van der Waals surface area contributed by atoms with Gasteiger partial charge in [-0.25, -0.2) is 0 Å². The molecule has 0 radical (unpaired) electrons. The Labute approximate surface area is 122 Å². The summed E-state index contributed by atoms with van der Waals surface area (Å²) in [7, 11) is 0. The number of anilines is 1. The number of nitrogens with one attached hydrogen (secondary N) is 2. The molecule has 0 aliphatic carbocycles. The van der Waals surface area contributed by atoms with Gasteiger partial charge < -0.3 is 15.2 Å². The van der Waals surface area contributed by atoms with Crippen molar-refractivity contribution in [1.82, 2.24) is 15.5 Å². The van der Waals surface area contributed by atoms with Crippen LogP contribution in [0.1, 0.15) is 34.1 Å². The number of carbonyl (C=O) groups excluding carboxylic acids is 1. The van der Waals surface area contributed by atoms with Crippen LogP contribution in [0.3, 0.4) is 0 Å². The lowest BCUT2D eigenvalue weighted by Gasteiger charge is -2.18. The van der Waals surface area contributed by atoms with E-state index < -0.39 is 0 Å². The maximum absolute atomic E-state index is 12.1. The number of rotatable bonds is 4. The second-order valence-corrected chi connectivity index (χ2v) is 5.14. The van der Waals surface area contributed by atoms with Crippen LogP contribution in [0.15, 0.2) is 22.7 Å². The zero-order valence-corrected chi connectivity index (χ0v) is 12.0. The molecule has 6 heteroatoms. The quantitative estimate of drug-likeness (QED) is 0.894. The minimum atomic E-state index is -0.0661. The number of carbonyl (C=O) groups is 1. The van der Waals surface area contributed by atoms with Gasteiger partial charge in [-0.1, -0.05) is 5.16 Å². The van der Waals surface area contributed by atoms with Gasteiger partial charge in [0.2, 0.25) is 5.89 Å². The Kier molecular flexibility index (Phi) is 3.85. The van der Waals surface area contributed by atoms with Gasteiger partial charge >= 0.3 is 0 Å². The molecule has 2 N–H and O–H groups in total. The van der Waals surface area contributed by atoms with Crippen molar-refractivity contribution in [3.05, 3.63) is 41.0 Å². The molecular formula is C15H18N4O2. The first-order valence-electron chi connectivity index (χ1n) is 7.16. The van der Waals surface area contributed by atoms with E-state index >= 15 is 0 Å². The van der Waals surface area contributed by atoms with E-state index in [1.54, 1.807) is 6.92 Å². The molecule has 0 saturated carbocycles. The highest BCUT2D eigenvalue weighted by Gasteiger charge is 2.12. The van der Waals surface area contributed by atoms with Crippen LogP contribution in [0.25, 0.3) is 0 Å². The summed E-state index contributed by atoms with van der Waals surface area (Å²) in [5.41, 5.74) is 3.05. The monoisotopic (exact) mass is 286 g/mol. The summed E-state index contributed by atoms with van der Waals surface area (Å²) in [5.74, 6) is 1.09. The average molecular weight is 286 g/mol. The lowest BCUT2D eigenvalue weighted by atomic mass is 10.0. The van der Waals surface area contributed by atoms with Crippen LogP contribution >= 0.6 is 0 Å². The van der Waals surface area contributed by atoms with Gasteiger partial charge in [0, 0.05) is 37.7 Å². The van der Waals surface area contributed by atoms with Crippen LogP contribution < -0.4 is 10.6 Å². The molecule has 0 fully saturated rings. The van der Waals surface area contributed by atoms with Gasteiger partial charge in [-0.2, -0.15) is 4.98 Å². The topological polar surface area (TPSA) is 80.0 Å². The zero-order valence-electron chi connectivity index (χ0n) is 12.0. The van der Waals surface area contributed by atoms with Crippen molar-refractivity contribution in [1.29, 1.82) is 0 Å². The fourth-order valence-corrected chi connectivity index (χ4v) is 2.45. The second-order valence-electron chi connectivity index (χ2n) is 5.14. The third-order valence-corrected chi connectivity index (χ3v) is 3.51. The highest BCUT2D eigenvalue weighted by Crippen LogP contribution is 2.22. The summed E-state index contributed by atoms with van der Waals surface area (Å²) in [4.78, 5) is 16.2. The SMILES string of the molecule is Cc1nc(CCNC(=O)c2ccc3c(c2)CCCN3)no1. The van der Waals surface area contributed by atoms with E-state index in [2.05, 4.69) is 20.8 Å². The largest absolute Gasteiger partial charge is 0.385 e. The van der Waals surface area contributed by atoms with E-state index in [0.29, 0.717) is 30.2 Å². The molecule has 2 aromatic rings. The number of hydrogen-bond acceptors (Lipinski definition) is 5. The summed E-state index contributed by atoms with van der Waals surface area (Å²) < 4.78 is 4.89. The molecule has 3 rings (SSSR count). The molecule has 0 atom stereocenters. The van der Waals surface area contributed by atoms with Crippen LogP contribution in [0.4, 0.5) is 5.69 Å². The molecule has 21 heavy (non-hydrogen) atoms. The molecule has 0 spiro atoms. The van der Waals surface area contributed by atoms with Crippen molar-refractivity contribution in [3.63, 3.8) is 0 Å². The Morgan fingerprint density at radius 2 is 2.38 bits per heavy atom. The molecule has 110 valence electrons. The molecule has 0 saturated heterocycles. The van der Waals surface area contributed by atoms with Crippen molar-refractivity contribution >= 4 is 11.6 Å². The Bertz CT molecular complexity index is 651. The Morgan fingerprint density at radius 1 is 1.48 bits per heavy atom. The standard InChI is InChI=1S/C15H18N4O2/c1-10-18-14(19-21-10)6-8-17-15(20)12-4-5-13-11(9-12)3-2-7-16-13/h4-5,9,16H,2-3,6-8H2,1H3,(H,17,20). The Morgan fingerprint density at radius 3 is 3.19 bits per heavy atom. The highest BCUT2D eigenvalue weighted by molar-refractivity contribution is 5.94. The van der Waals surface area contributed by atoms with Gasteiger partial charge in [0.25, 0.3) is 5.91 Å². The van der Waals surface area contributed by atoms with Crippen molar-refractivity contribution < 1.29 is 9.32 Å². The smallest absolute Gasteiger partial charge is 0.251 e. The Hall–Kier alpha value is -2.37.